The van der Waals surface area contributed by atoms with Crippen LogP contribution in [0.5, 0.6) is 0 Å². The van der Waals surface area contributed by atoms with Gasteiger partial charge in [-0.2, -0.15) is 0 Å². The van der Waals surface area contributed by atoms with Gasteiger partial charge in [-0.15, -0.1) is 0 Å². The summed E-state index contributed by atoms with van der Waals surface area (Å²) in [5.74, 6) is -3.66. The molecule has 0 aliphatic carbocycles. The largest absolute Gasteiger partial charge is 0.481 e. The van der Waals surface area contributed by atoms with Gasteiger partial charge in [0.2, 0.25) is 11.8 Å². The number of halogens is 1. The Kier molecular flexibility index (Phi) is 7.64. The van der Waals surface area contributed by atoms with Crippen LogP contribution in [0.1, 0.15) is 42.5 Å². The lowest BCUT2D eigenvalue weighted by Crippen LogP contribution is -2.64. The van der Waals surface area contributed by atoms with Crippen molar-refractivity contribution in [2.75, 3.05) is 6.54 Å². The number of aldehydes is 1. The van der Waals surface area contributed by atoms with E-state index >= 15 is 0 Å². The highest BCUT2D eigenvalue weighted by Gasteiger charge is 2.45. The third-order valence-electron chi connectivity index (χ3n) is 5.47. The molecular weight excluding hydrogens is 456 g/mol. The van der Waals surface area contributed by atoms with Gasteiger partial charge in [0.1, 0.15) is 18.4 Å². The van der Waals surface area contributed by atoms with Gasteiger partial charge in [0.05, 0.1) is 23.0 Å². The molecule has 2 saturated heterocycles. The van der Waals surface area contributed by atoms with Crippen molar-refractivity contribution in [2.24, 2.45) is 0 Å². The topological polar surface area (TPSA) is 153 Å². The van der Waals surface area contributed by atoms with Crippen molar-refractivity contribution in [3.8, 4) is 0 Å². The Balaban J connectivity index is 1.82. The van der Waals surface area contributed by atoms with Crippen LogP contribution >= 0.6 is 11.6 Å². The quantitative estimate of drug-likeness (QED) is 0.470. The molecule has 33 heavy (non-hydrogen) atoms. The van der Waals surface area contributed by atoms with E-state index in [9.17, 15) is 28.8 Å². The fraction of sp³-hybridized carbons (Fsp3) is 0.429. The molecule has 2 aliphatic rings. The first-order valence-corrected chi connectivity index (χ1v) is 10.8. The molecule has 3 N–H and O–H groups in total. The smallest absolute Gasteiger partial charge is 0.305 e. The lowest BCUT2D eigenvalue weighted by atomic mass is 10.0. The van der Waals surface area contributed by atoms with Gasteiger partial charge < -0.3 is 20.5 Å². The molecule has 3 atom stereocenters. The van der Waals surface area contributed by atoms with E-state index in [1.54, 1.807) is 12.1 Å². The molecule has 12 heteroatoms. The fourth-order valence-corrected chi connectivity index (χ4v) is 4.11. The molecular formula is C21H23ClN4O7. The number of carboxylic acid groups (broad SMARTS) is 1. The number of carbonyl (C=O) groups excluding carboxylic acids is 5. The number of hydrazine groups is 1. The van der Waals surface area contributed by atoms with Crippen LogP contribution in [-0.2, 0) is 24.0 Å². The van der Waals surface area contributed by atoms with Crippen molar-refractivity contribution in [3.63, 3.8) is 0 Å². The van der Waals surface area contributed by atoms with Crippen molar-refractivity contribution >= 4 is 47.5 Å². The van der Waals surface area contributed by atoms with Crippen molar-refractivity contribution in [2.45, 2.75) is 50.2 Å². The van der Waals surface area contributed by atoms with Gasteiger partial charge in [0.25, 0.3) is 11.8 Å². The minimum Gasteiger partial charge on any atom is -0.481 e. The molecule has 176 valence electrons. The Morgan fingerprint density at radius 1 is 1.21 bits per heavy atom. The maximum Gasteiger partial charge on any atom is 0.305 e. The summed E-state index contributed by atoms with van der Waals surface area (Å²) in [6, 6.07) is 2.80. The first-order chi connectivity index (χ1) is 15.7. The molecule has 0 spiro atoms. The number of hydrogen-bond donors (Lipinski definition) is 3. The van der Waals surface area contributed by atoms with Gasteiger partial charge >= 0.3 is 5.97 Å². The first-order valence-electron chi connectivity index (χ1n) is 10.4. The predicted octanol–water partition coefficient (Wildman–Crippen LogP) is 0.125. The Labute approximate surface area is 194 Å². The standard InChI is InChI=1S/C21H23ClN4O7/c22-14-5-2-1-4-13(14)19(31)24-15-7-8-17(28)25-9-3-6-16(26(25)21(15)33)20(32)23-12(11-27)10-18(29)30/h1-2,4-5,11-12,15-16H,3,6-10H2,(H,23,32)(H,24,31)(H,29,30). The van der Waals surface area contributed by atoms with Crippen LogP contribution in [0.2, 0.25) is 5.02 Å². The van der Waals surface area contributed by atoms with E-state index in [-0.39, 0.29) is 42.3 Å². The summed E-state index contributed by atoms with van der Waals surface area (Å²) in [5.41, 5.74) is 0.162. The SMILES string of the molecule is O=CC(CC(=O)O)NC(=O)C1CCCN2C(=O)CCC(NC(=O)c3ccccc3Cl)C(=O)N12. The Hall–Kier alpha value is -3.47. The van der Waals surface area contributed by atoms with Crippen LogP contribution < -0.4 is 10.6 Å². The maximum atomic E-state index is 13.4. The molecule has 4 amide bonds. The molecule has 11 nitrogen and oxygen atoms in total. The van der Waals surface area contributed by atoms with Crippen molar-refractivity contribution in [1.29, 1.82) is 0 Å². The van der Waals surface area contributed by atoms with Crippen LogP contribution in [-0.4, -0.2) is 75.7 Å². The van der Waals surface area contributed by atoms with Crippen molar-refractivity contribution in [3.05, 3.63) is 34.9 Å². The zero-order valence-electron chi connectivity index (χ0n) is 17.5. The van der Waals surface area contributed by atoms with E-state index in [4.69, 9.17) is 16.7 Å². The number of aliphatic carboxylic acids is 1. The molecule has 2 fully saturated rings. The molecule has 0 aromatic heterocycles. The van der Waals surface area contributed by atoms with E-state index < -0.39 is 48.2 Å². The summed E-state index contributed by atoms with van der Waals surface area (Å²) in [4.78, 5) is 73.7. The van der Waals surface area contributed by atoms with Gasteiger partial charge in [-0.1, -0.05) is 23.7 Å². The number of nitrogens with zero attached hydrogens (tertiary/aromatic N) is 2. The number of nitrogens with one attached hydrogen (secondary N) is 2. The minimum atomic E-state index is -1.28. The third kappa shape index (κ3) is 5.48. The number of benzene rings is 1. The molecule has 0 radical (unpaired) electrons. The zero-order chi connectivity index (χ0) is 24.1. The van der Waals surface area contributed by atoms with E-state index in [0.29, 0.717) is 12.7 Å². The average molecular weight is 479 g/mol. The number of rotatable bonds is 7. The van der Waals surface area contributed by atoms with Gasteiger partial charge in [-0.3, -0.25) is 29.0 Å². The molecule has 0 bridgehead atoms. The second kappa shape index (κ2) is 10.4. The fourth-order valence-electron chi connectivity index (χ4n) is 3.89. The number of fused-ring (bicyclic) bond motifs is 1. The Morgan fingerprint density at radius 3 is 2.61 bits per heavy atom. The van der Waals surface area contributed by atoms with E-state index in [0.717, 1.165) is 5.01 Å². The monoisotopic (exact) mass is 478 g/mol. The van der Waals surface area contributed by atoms with Crippen LogP contribution in [0.25, 0.3) is 0 Å². The van der Waals surface area contributed by atoms with E-state index in [1.165, 1.54) is 17.1 Å². The molecule has 3 rings (SSSR count). The van der Waals surface area contributed by atoms with Gasteiger partial charge in [-0.05, 0) is 31.4 Å². The van der Waals surface area contributed by atoms with Crippen LogP contribution in [0.4, 0.5) is 0 Å². The summed E-state index contributed by atoms with van der Waals surface area (Å²) in [5, 5.41) is 16.2. The summed E-state index contributed by atoms with van der Waals surface area (Å²) in [6.45, 7) is 0.214. The second-order valence-corrected chi connectivity index (χ2v) is 8.16. The van der Waals surface area contributed by atoms with E-state index in [2.05, 4.69) is 10.6 Å². The predicted molar refractivity (Wildman–Crippen MR) is 114 cm³/mol. The Morgan fingerprint density at radius 2 is 1.94 bits per heavy atom. The second-order valence-electron chi connectivity index (χ2n) is 7.75. The summed E-state index contributed by atoms with van der Waals surface area (Å²) in [7, 11) is 0. The highest BCUT2D eigenvalue weighted by Crippen LogP contribution is 2.25. The van der Waals surface area contributed by atoms with Gasteiger partial charge in [0.15, 0.2) is 0 Å². The number of hydrogen-bond acceptors (Lipinski definition) is 6. The highest BCUT2D eigenvalue weighted by atomic mass is 35.5. The third-order valence-corrected chi connectivity index (χ3v) is 5.80. The summed E-state index contributed by atoms with van der Waals surface area (Å²) >= 11 is 6.06. The van der Waals surface area contributed by atoms with Gasteiger partial charge in [0, 0.05) is 13.0 Å². The lowest BCUT2D eigenvalue weighted by molar-refractivity contribution is -0.176. The van der Waals surface area contributed by atoms with Crippen molar-refractivity contribution in [1.82, 2.24) is 20.7 Å². The van der Waals surface area contributed by atoms with E-state index in [1.807, 2.05) is 0 Å². The Bertz CT molecular complexity index is 985. The highest BCUT2D eigenvalue weighted by molar-refractivity contribution is 6.33. The zero-order valence-corrected chi connectivity index (χ0v) is 18.3. The molecule has 1 aromatic carbocycles. The minimum absolute atomic E-state index is 0.0278. The summed E-state index contributed by atoms with van der Waals surface area (Å²) < 4.78 is 0. The van der Waals surface area contributed by atoms with Gasteiger partial charge in [-0.25, -0.2) is 5.01 Å². The lowest BCUT2D eigenvalue weighted by Gasteiger charge is -2.43. The normalized spacial score (nSPS) is 21.5. The van der Waals surface area contributed by atoms with Crippen molar-refractivity contribution < 1.29 is 33.9 Å². The number of carboxylic acids is 1. The molecule has 0 saturated carbocycles. The molecule has 1 aromatic rings. The van der Waals surface area contributed by atoms with Crippen LogP contribution in [0.15, 0.2) is 24.3 Å². The molecule has 3 unspecified atom stereocenters. The number of amides is 4. The van der Waals surface area contributed by atoms with Crippen LogP contribution in [0, 0.1) is 0 Å². The first kappa shape index (κ1) is 24.2. The number of carbonyl (C=O) groups is 6. The molecule has 2 heterocycles. The summed E-state index contributed by atoms with van der Waals surface area (Å²) in [6.07, 6.45) is 0.315. The molecule has 2 aliphatic heterocycles. The van der Waals surface area contributed by atoms with Crippen LogP contribution in [0.3, 0.4) is 0 Å². The average Bonchev–Trinajstić information content (AvgIpc) is 2.90. The maximum absolute atomic E-state index is 13.4.